The maximum atomic E-state index is 12.8. The average Bonchev–Trinajstić information content (AvgIpc) is 2.37. The highest BCUT2D eigenvalue weighted by molar-refractivity contribution is 5.99. The number of hydrogen-bond donors (Lipinski definition) is 0. The molecule has 4 fully saturated rings. The molecule has 18 heavy (non-hydrogen) atoms. The summed E-state index contributed by atoms with van der Waals surface area (Å²) in [6.07, 6.45) is 9.29. The lowest BCUT2D eigenvalue weighted by Gasteiger charge is -2.55. The summed E-state index contributed by atoms with van der Waals surface area (Å²) >= 11 is 0. The van der Waals surface area contributed by atoms with Crippen LogP contribution in [-0.4, -0.2) is 10.8 Å². The van der Waals surface area contributed by atoms with Crippen molar-refractivity contribution in [2.24, 2.45) is 23.2 Å². The molecule has 0 radical (unpaired) electrons. The molecule has 1 aromatic rings. The fourth-order valence-corrected chi connectivity index (χ4v) is 5.16. The third kappa shape index (κ3) is 1.47. The van der Waals surface area contributed by atoms with Crippen molar-refractivity contribution in [3.8, 4) is 0 Å². The Balaban J connectivity index is 1.70. The summed E-state index contributed by atoms with van der Waals surface area (Å²) in [4.78, 5) is 17.1. The minimum absolute atomic E-state index is 0.0386. The van der Waals surface area contributed by atoms with Gasteiger partial charge in [0.15, 0.2) is 5.78 Å². The topological polar surface area (TPSA) is 30.0 Å². The van der Waals surface area contributed by atoms with E-state index in [1.54, 1.807) is 6.20 Å². The largest absolute Gasteiger partial charge is 0.292 e. The molecular weight excluding hydrogens is 222 g/mol. The predicted octanol–water partition coefficient (Wildman–Crippen LogP) is 3.48. The number of aromatic nitrogens is 1. The van der Waals surface area contributed by atoms with E-state index < -0.39 is 0 Å². The lowest BCUT2D eigenvalue weighted by atomic mass is 9.48. The van der Waals surface area contributed by atoms with E-state index in [4.69, 9.17) is 0 Å². The molecule has 2 heteroatoms. The van der Waals surface area contributed by atoms with Crippen molar-refractivity contribution in [2.75, 3.05) is 0 Å². The second kappa shape index (κ2) is 3.66. The van der Waals surface area contributed by atoms with Gasteiger partial charge in [-0.15, -0.1) is 0 Å². The van der Waals surface area contributed by atoms with Crippen molar-refractivity contribution in [3.05, 3.63) is 30.1 Å². The minimum Gasteiger partial charge on any atom is -0.292 e. The van der Waals surface area contributed by atoms with Crippen molar-refractivity contribution >= 4 is 5.78 Å². The summed E-state index contributed by atoms with van der Waals surface area (Å²) in [6, 6.07) is 5.71. The first-order valence-electron chi connectivity index (χ1n) is 7.21. The SMILES string of the molecule is O=C(c1ccccn1)C12CC3CC(CC(C3)C1)C2. The quantitative estimate of drug-likeness (QED) is 0.742. The van der Waals surface area contributed by atoms with Crippen LogP contribution < -0.4 is 0 Å². The molecule has 2 nitrogen and oxygen atoms in total. The van der Waals surface area contributed by atoms with Crippen molar-refractivity contribution in [1.29, 1.82) is 0 Å². The van der Waals surface area contributed by atoms with Crippen LogP contribution in [0.1, 0.15) is 49.0 Å². The van der Waals surface area contributed by atoms with E-state index in [0.717, 1.165) is 37.0 Å². The maximum Gasteiger partial charge on any atom is 0.187 e. The van der Waals surface area contributed by atoms with E-state index in [9.17, 15) is 4.79 Å². The first-order chi connectivity index (χ1) is 8.75. The van der Waals surface area contributed by atoms with Gasteiger partial charge in [0.05, 0.1) is 0 Å². The average molecular weight is 241 g/mol. The second-order valence-electron chi connectivity index (χ2n) is 6.74. The van der Waals surface area contributed by atoms with E-state index in [-0.39, 0.29) is 5.41 Å². The molecule has 0 aliphatic heterocycles. The first-order valence-corrected chi connectivity index (χ1v) is 7.21. The Morgan fingerprint density at radius 3 is 2.17 bits per heavy atom. The highest BCUT2D eigenvalue weighted by atomic mass is 16.1. The number of carbonyl (C=O) groups is 1. The van der Waals surface area contributed by atoms with Gasteiger partial charge in [0.25, 0.3) is 0 Å². The predicted molar refractivity (Wildman–Crippen MR) is 69.2 cm³/mol. The molecular formula is C16H19NO. The monoisotopic (exact) mass is 241 g/mol. The van der Waals surface area contributed by atoms with Crippen molar-refractivity contribution in [3.63, 3.8) is 0 Å². The van der Waals surface area contributed by atoms with E-state index in [0.29, 0.717) is 11.5 Å². The lowest BCUT2D eigenvalue weighted by Crippen LogP contribution is -2.50. The standard InChI is InChI=1S/C16H19NO/c18-15(14-3-1-2-4-17-14)16-8-11-5-12(9-16)7-13(6-11)10-16/h1-4,11-13H,5-10H2. The Morgan fingerprint density at radius 2 is 1.67 bits per heavy atom. The number of Topliss-reactive ketones (excluding diaryl/α,β-unsaturated/α-hetero) is 1. The molecule has 0 unspecified atom stereocenters. The molecule has 4 aliphatic carbocycles. The second-order valence-corrected chi connectivity index (χ2v) is 6.74. The maximum absolute atomic E-state index is 12.8. The molecule has 4 saturated carbocycles. The number of pyridine rings is 1. The van der Waals surface area contributed by atoms with Gasteiger partial charge in [-0.3, -0.25) is 9.78 Å². The lowest BCUT2D eigenvalue weighted by molar-refractivity contribution is -0.0355. The Labute approximate surface area is 108 Å². The van der Waals surface area contributed by atoms with Crippen LogP contribution in [0.15, 0.2) is 24.4 Å². The van der Waals surface area contributed by atoms with E-state index >= 15 is 0 Å². The first kappa shape index (κ1) is 10.7. The number of carbonyl (C=O) groups excluding carboxylic acids is 1. The minimum atomic E-state index is -0.0386. The van der Waals surface area contributed by atoms with E-state index in [2.05, 4.69) is 4.98 Å². The molecule has 0 N–H and O–H groups in total. The summed E-state index contributed by atoms with van der Waals surface area (Å²) in [5, 5.41) is 0. The Bertz CT molecular complexity index is 444. The molecule has 0 amide bonds. The van der Waals surface area contributed by atoms with Gasteiger partial charge in [-0.1, -0.05) is 6.07 Å². The highest BCUT2D eigenvalue weighted by Gasteiger charge is 2.54. The highest BCUT2D eigenvalue weighted by Crippen LogP contribution is 2.60. The molecule has 1 aromatic heterocycles. The Hall–Kier alpha value is -1.18. The number of hydrogen-bond acceptors (Lipinski definition) is 2. The summed E-state index contributed by atoms with van der Waals surface area (Å²) in [6.45, 7) is 0. The zero-order valence-electron chi connectivity index (χ0n) is 10.6. The van der Waals surface area contributed by atoms with E-state index in [1.807, 2.05) is 18.2 Å². The summed E-state index contributed by atoms with van der Waals surface area (Å²) in [5.41, 5.74) is 0.655. The third-order valence-corrected chi connectivity index (χ3v) is 5.42. The summed E-state index contributed by atoms with van der Waals surface area (Å²) in [7, 11) is 0. The molecule has 4 aliphatic rings. The van der Waals surface area contributed by atoms with Crippen LogP contribution in [0.5, 0.6) is 0 Å². The molecule has 5 rings (SSSR count). The van der Waals surface area contributed by atoms with Crippen molar-refractivity contribution < 1.29 is 4.79 Å². The molecule has 4 bridgehead atoms. The fraction of sp³-hybridized carbons (Fsp3) is 0.625. The number of ketones is 1. The molecule has 0 atom stereocenters. The smallest absolute Gasteiger partial charge is 0.187 e. The van der Waals surface area contributed by atoms with Crippen LogP contribution in [0, 0.1) is 23.2 Å². The third-order valence-electron chi connectivity index (χ3n) is 5.42. The van der Waals surface area contributed by atoms with Gasteiger partial charge in [0.2, 0.25) is 0 Å². The zero-order chi connectivity index (χ0) is 12.2. The Kier molecular flexibility index (Phi) is 2.18. The van der Waals surface area contributed by atoms with Crippen LogP contribution in [0.3, 0.4) is 0 Å². The molecule has 0 aromatic carbocycles. The summed E-state index contributed by atoms with van der Waals surface area (Å²) in [5.74, 6) is 2.80. The normalized spacial score (nSPS) is 41.0. The van der Waals surface area contributed by atoms with Gasteiger partial charge in [-0.25, -0.2) is 0 Å². The van der Waals surface area contributed by atoms with Gasteiger partial charge in [-0.05, 0) is 68.4 Å². The van der Waals surface area contributed by atoms with Crippen molar-refractivity contribution in [1.82, 2.24) is 4.98 Å². The van der Waals surface area contributed by atoms with Gasteiger partial charge in [0, 0.05) is 11.6 Å². The molecule has 0 spiro atoms. The number of nitrogens with zero attached hydrogens (tertiary/aromatic N) is 1. The van der Waals surface area contributed by atoms with Crippen LogP contribution in [-0.2, 0) is 0 Å². The van der Waals surface area contributed by atoms with Crippen LogP contribution >= 0.6 is 0 Å². The molecule has 0 saturated heterocycles. The van der Waals surface area contributed by atoms with Gasteiger partial charge in [0.1, 0.15) is 5.69 Å². The van der Waals surface area contributed by atoms with Gasteiger partial charge < -0.3 is 0 Å². The van der Waals surface area contributed by atoms with Crippen molar-refractivity contribution in [2.45, 2.75) is 38.5 Å². The van der Waals surface area contributed by atoms with Crippen LogP contribution in [0.4, 0.5) is 0 Å². The van der Waals surface area contributed by atoms with Crippen LogP contribution in [0.2, 0.25) is 0 Å². The summed E-state index contributed by atoms with van der Waals surface area (Å²) < 4.78 is 0. The molecule has 94 valence electrons. The van der Waals surface area contributed by atoms with Gasteiger partial charge in [-0.2, -0.15) is 0 Å². The fourth-order valence-electron chi connectivity index (χ4n) is 5.16. The van der Waals surface area contributed by atoms with Gasteiger partial charge >= 0.3 is 0 Å². The van der Waals surface area contributed by atoms with E-state index in [1.165, 1.54) is 19.3 Å². The Morgan fingerprint density at radius 1 is 1.06 bits per heavy atom. The number of rotatable bonds is 2. The van der Waals surface area contributed by atoms with Crippen LogP contribution in [0.25, 0.3) is 0 Å². The molecule has 1 heterocycles. The zero-order valence-corrected chi connectivity index (χ0v) is 10.6.